The number of carbonyl (C=O) groups is 3. The zero-order valence-corrected chi connectivity index (χ0v) is 16.2. The summed E-state index contributed by atoms with van der Waals surface area (Å²) in [6.45, 7) is 1.59. The van der Waals surface area contributed by atoms with Gasteiger partial charge in [-0.25, -0.2) is 9.18 Å². The topological polar surface area (TPSA) is 106 Å². The Morgan fingerprint density at radius 2 is 1.87 bits per heavy atom. The van der Waals surface area contributed by atoms with Crippen molar-refractivity contribution in [1.29, 1.82) is 0 Å². The molecule has 0 bridgehead atoms. The van der Waals surface area contributed by atoms with Gasteiger partial charge in [0.2, 0.25) is 0 Å². The lowest BCUT2D eigenvalue weighted by atomic mass is 10.0. The van der Waals surface area contributed by atoms with Gasteiger partial charge in [-0.3, -0.25) is 9.59 Å². The molecule has 0 aliphatic carbocycles. The number of ether oxygens (including phenoxy) is 2. The van der Waals surface area contributed by atoms with Crippen LogP contribution in [0, 0.1) is 5.82 Å². The third kappa shape index (κ3) is 4.93. The first-order chi connectivity index (χ1) is 14.4. The zero-order chi connectivity index (χ0) is 21.7. The zero-order valence-electron chi connectivity index (χ0n) is 16.2. The maximum absolute atomic E-state index is 13.2. The molecule has 1 N–H and O–H groups in total. The molecule has 0 radical (unpaired) electrons. The van der Waals surface area contributed by atoms with Crippen LogP contribution in [-0.2, 0) is 25.5 Å². The number of amides is 1. The molecule has 2 heterocycles. The van der Waals surface area contributed by atoms with E-state index in [1.165, 1.54) is 18.2 Å². The van der Waals surface area contributed by atoms with E-state index < -0.39 is 29.2 Å². The average molecular weight is 417 g/mol. The lowest BCUT2D eigenvalue weighted by Gasteiger charge is -2.25. The molecule has 1 amide bonds. The number of ketones is 1. The van der Waals surface area contributed by atoms with Gasteiger partial charge in [0, 0.05) is 31.1 Å². The van der Waals surface area contributed by atoms with Gasteiger partial charge in [0.15, 0.2) is 17.3 Å². The number of carbonyl (C=O) groups excluding carboxylic acids is 3. The Morgan fingerprint density at radius 3 is 2.50 bits per heavy atom. The number of aliphatic hydroxyl groups is 1. The molecule has 8 nitrogen and oxygen atoms in total. The highest BCUT2D eigenvalue weighted by Crippen LogP contribution is 2.26. The van der Waals surface area contributed by atoms with Crippen molar-refractivity contribution in [3.63, 3.8) is 0 Å². The number of morpholine rings is 1. The first kappa shape index (κ1) is 21.3. The van der Waals surface area contributed by atoms with Gasteiger partial charge < -0.3 is 23.9 Å². The van der Waals surface area contributed by atoms with E-state index in [2.05, 4.69) is 4.74 Å². The van der Waals surface area contributed by atoms with Crippen molar-refractivity contribution in [3.05, 3.63) is 64.9 Å². The molecule has 0 unspecified atom stereocenters. The highest BCUT2D eigenvalue weighted by Gasteiger charge is 2.26. The van der Waals surface area contributed by atoms with Gasteiger partial charge in [0.05, 0.1) is 20.3 Å². The molecule has 1 aromatic heterocycles. The van der Waals surface area contributed by atoms with Crippen molar-refractivity contribution < 1.29 is 37.8 Å². The highest BCUT2D eigenvalue weighted by molar-refractivity contribution is 6.39. The van der Waals surface area contributed by atoms with E-state index in [0.717, 1.165) is 7.11 Å². The molecular formula is C21H20FNO7. The maximum atomic E-state index is 13.2. The van der Waals surface area contributed by atoms with Crippen molar-refractivity contribution in [2.45, 2.75) is 6.42 Å². The van der Waals surface area contributed by atoms with Crippen LogP contribution in [0.1, 0.15) is 27.4 Å². The molecule has 0 spiro atoms. The molecule has 0 atom stereocenters. The van der Waals surface area contributed by atoms with Crippen LogP contribution in [-0.4, -0.2) is 61.1 Å². The van der Waals surface area contributed by atoms with E-state index >= 15 is 0 Å². The minimum Gasteiger partial charge on any atom is -0.504 e. The summed E-state index contributed by atoms with van der Waals surface area (Å²) in [5.74, 6) is -3.82. The number of methoxy groups -OCH3 is 1. The summed E-state index contributed by atoms with van der Waals surface area (Å²) in [4.78, 5) is 37.4. The number of aliphatic hydroxyl groups excluding tert-OH is 1. The lowest BCUT2D eigenvalue weighted by Crippen LogP contribution is -2.40. The molecule has 1 aliphatic heterocycles. The lowest BCUT2D eigenvalue weighted by molar-refractivity contribution is -0.149. The Bertz CT molecular complexity index is 972. The minimum atomic E-state index is -1.15. The number of hydrogen-bond donors (Lipinski definition) is 1. The van der Waals surface area contributed by atoms with Crippen molar-refractivity contribution in [2.24, 2.45) is 0 Å². The van der Waals surface area contributed by atoms with Crippen LogP contribution < -0.4 is 0 Å². The van der Waals surface area contributed by atoms with Crippen LogP contribution in [0.3, 0.4) is 0 Å². The smallest absolute Gasteiger partial charge is 0.378 e. The van der Waals surface area contributed by atoms with Gasteiger partial charge in [-0.05, 0) is 23.8 Å². The second-order valence-corrected chi connectivity index (χ2v) is 6.56. The quantitative estimate of drug-likeness (QED) is 0.332. The molecule has 1 aromatic carbocycles. The summed E-state index contributed by atoms with van der Waals surface area (Å²) in [6.07, 6.45) is 0.863. The van der Waals surface area contributed by atoms with E-state index in [9.17, 15) is 23.9 Å². The molecule has 158 valence electrons. The molecule has 0 saturated carbocycles. The summed E-state index contributed by atoms with van der Waals surface area (Å²) >= 11 is 0. The number of furan rings is 1. The molecule has 30 heavy (non-hydrogen) atoms. The van der Waals surface area contributed by atoms with Gasteiger partial charge in [-0.2, -0.15) is 0 Å². The van der Waals surface area contributed by atoms with E-state index in [1.54, 1.807) is 17.0 Å². The SMILES string of the molecule is COC(=O)C(=O)/C=C(\O)c1oc(C(=O)N2CCOCC2)cc1Cc1ccc(F)cc1. The Labute approximate surface area is 171 Å². The van der Waals surface area contributed by atoms with E-state index in [0.29, 0.717) is 43.5 Å². The number of hydrogen-bond acceptors (Lipinski definition) is 7. The van der Waals surface area contributed by atoms with E-state index in [1.807, 2.05) is 0 Å². The summed E-state index contributed by atoms with van der Waals surface area (Å²) in [5.41, 5.74) is 1.08. The van der Waals surface area contributed by atoms with Gasteiger partial charge >= 0.3 is 5.97 Å². The predicted molar refractivity (Wildman–Crippen MR) is 102 cm³/mol. The largest absolute Gasteiger partial charge is 0.504 e. The van der Waals surface area contributed by atoms with Crippen LogP contribution in [0.4, 0.5) is 4.39 Å². The van der Waals surface area contributed by atoms with Crippen LogP contribution >= 0.6 is 0 Å². The molecule has 1 aliphatic rings. The Hall–Kier alpha value is -3.46. The molecular weight excluding hydrogens is 397 g/mol. The number of nitrogens with zero attached hydrogens (tertiary/aromatic N) is 1. The predicted octanol–water partition coefficient (Wildman–Crippen LogP) is 2.12. The fourth-order valence-corrected chi connectivity index (χ4v) is 2.98. The standard InChI is InChI=1S/C21H20FNO7/c1-28-21(27)17(25)12-16(24)19-14(10-13-2-4-15(22)5-3-13)11-18(30-19)20(26)23-6-8-29-9-7-23/h2-5,11-12,24H,6-10H2,1H3/b16-12-. The third-order valence-electron chi connectivity index (χ3n) is 4.51. The van der Waals surface area contributed by atoms with Gasteiger partial charge in [-0.1, -0.05) is 12.1 Å². The summed E-state index contributed by atoms with van der Waals surface area (Å²) < 4.78 is 28.3. The maximum Gasteiger partial charge on any atom is 0.378 e. The van der Waals surface area contributed by atoms with Crippen LogP contribution in [0.2, 0.25) is 0 Å². The van der Waals surface area contributed by atoms with Crippen molar-refractivity contribution in [1.82, 2.24) is 4.90 Å². The highest BCUT2D eigenvalue weighted by atomic mass is 19.1. The van der Waals surface area contributed by atoms with Gasteiger partial charge in [-0.15, -0.1) is 0 Å². The molecule has 9 heteroatoms. The second kappa shape index (κ2) is 9.36. The Morgan fingerprint density at radius 1 is 1.20 bits per heavy atom. The fraction of sp³-hybridized carbons (Fsp3) is 0.286. The Kier molecular flexibility index (Phi) is 6.63. The number of esters is 1. The summed E-state index contributed by atoms with van der Waals surface area (Å²) in [6, 6.07) is 7.13. The minimum absolute atomic E-state index is 0.0329. The van der Waals surface area contributed by atoms with Crippen molar-refractivity contribution in [2.75, 3.05) is 33.4 Å². The second-order valence-electron chi connectivity index (χ2n) is 6.56. The molecule has 2 aromatic rings. The summed E-state index contributed by atoms with van der Waals surface area (Å²) in [5, 5.41) is 10.4. The van der Waals surface area contributed by atoms with Crippen LogP contribution in [0.25, 0.3) is 5.76 Å². The normalized spacial score (nSPS) is 14.5. The number of halogens is 1. The number of benzene rings is 1. The number of rotatable bonds is 6. The first-order valence-corrected chi connectivity index (χ1v) is 9.16. The first-order valence-electron chi connectivity index (χ1n) is 9.16. The van der Waals surface area contributed by atoms with Gasteiger partial charge in [0.25, 0.3) is 11.7 Å². The average Bonchev–Trinajstić information content (AvgIpc) is 3.18. The third-order valence-corrected chi connectivity index (χ3v) is 4.51. The van der Waals surface area contributed by atoms with Crippen LogP contribution in [0.15, 0.2) is 40.8 Å². The van der Waals surface area contributed by atoms with Crippen molar-refractivity contribution in [3.8, 4) is 0 Å². The molecule has 1 fully saturated rings. The van der Waals surface area contributed by atoms with E-state index in [4.69, 9.17) is 9.15 Å². The monoisotopic (exact) mass is 417 g/mol. The molecule has 1 saturated heterocycles. The van der Waals surface area contributed by atoms with Crippen molar-refractivity contribution >= 4 is 23.4 Å². The summed E-state index contributed by atoms with van der Waals surface area (Å²) in [7, 11) is 1.04. The van der Waals surface area contributed by atoms with Gasteiger partial charge in [0.1, 0.15) is 5.82 Å². The Balaban J connectivity index is 1.95. The molecule has 3 rings (SSSR count). The van der Waals surface area contributed by atoms with E-state index in [-0.39, 0.29) is 17.9 Å². The fourth-order valence-electron chi connectivity index (χ4n) is 2.98. The van der Waals surface area contributed by atoms with Crippen LogP contribution in [0.5, 0.6) is 0 Å².